The van der Waals surface area contributed by atoms with E-state index in [1.165, 1.54) is 0 Å². The van der Waals surface area contributed by atoms with Crippen molar-refractivity contribution >= 4 is 11.8 Å². The number of hydrogen-bond acceptors (Lipinski definition) is 3. The molecule has 4 N–H and O–H groups in total. The van der Waals surface area contributed by atoms with Crippen molar-refractivity contribution < 1.29 is 18.7 Å². The maximum Gasteiger partial charge on any atom is 0.308 e. The van der Waals surface area contributed by atoms with Crippen LogP contribution in [-0.4, -0.2) is 16.1 Å². The number of pyridine rings is 1. The number of anilines is 1. The van der Waals surface area contributed by atoms with Crippen LogP contribution in [-0.2, 0) is 11.2 Å². The summed E-state index contributed by atoms with van der Waals surface area (Å²) in [5.41, 5.74) is 3.62. The summed E-state index contributed by atoms with van der Waals surface area (Å²) in [6.07, 6.45) is -3.44. The van der Waals surface area contributed by atoms with Gasteiger partial charge in [0.05, 0.1) is 17.7 Å². The van der Waals surface area contributed by atoms with Gasteiger partial charge in [0, 0.05) is 6.07 Å². The molecule has 0 atom stereocenters. The Labute approximate surface area is 82.5 Å². The van der Waals surface area contributed by atoms with Gasteiger partial charge in [0.15, 0.2) is 5.43 Å². The molecule has 0 amide bonds. The molecule has 15 heavy (non-hydrogen) atoms. The zero-order valence-corrected chi connectivity index (χ0v) is 7.46. The third-order valence-corrected chi connectivity index (χ3v) is 1.75. The Kier molecular flexibility index (Phi) is 3.03. The van der Waals surface area contributed by atoms with Crippen LogP contribution in [0.2, 0.25) is 0 Å². The predicted octanol–water partition coefficient (Wildman–Crippen LogP) is 0.522. The molecule has 1 aromatic rings. The SMILES string of the molecule is Nc1[nH]c(C(F)F)cc(=O)c1CC(=O)O. The van der Waals surface area contributed by atoms with Crippen LogP contribution in [0.3, 0.4) is 0 Å². The lowest BCUT2D eigenvalue weighted by Gasteiger charge is -2.05. The highest BCUT2D eigenvalue weighted by atomic mass is 19.3. The highest BCUT2D eigenvalue weighted by molar-refractivity contribution is 5.72. The minimum Gasteiger partial charge on any atom is -0.481 e. The molecule has 0 saturated heterocycles. The first-order chi connectivity index (χ1) is 6.91. The summed E-state index contributed by atoms with van der Waals surface area (Å²) in [7, 11) is 0. The molecule has 0 aliphatic heterocycles. The number of hydrogen-bond donors (Lipinski definition) is 3. The van der Waals surface area contributed by atoms with Gasteiger partial charge in [-0.25, -0.2) is 8.78 Å². The van der Waals surface area contributed by atoms with Gasteiger partial charge in [0.1, 0.15) is 5.82 Å². The number of carboxylic acid groups (broad SMARTS) is 1. The zero-order chi connectivity index (χ0) is 11.6. The molecule has 0 bridgehead atoms. The number of H-pyrrole nitrogens is 1. The summed E-state index contributed by atoms with van der Waals surface area (Å²) in [6, 6.07) is 0.652. The Hall–Kier alpha value is -1.92. The molecular formula is C8H8F2N2O3. The minimum absolute atomic E-state index is 0.216. The molecule has 1 rings (SSSR count). The highest BCUT2D eigenvalue weighted by Crippen LogP contribution is 2.16. The van der Waals surface area contributed by atoms with E-state index in [1.807, 2.05) is 0 Å². The minimum atomic E-state index is -2.85. The van der Waals surface area contributed by atoms with Gasteiger partial charge >= 0.3 is 5.97 Å². The van der Waals surface area contributed by atoms with Crippen molar-refractivity contribution in [1.29, 1.82) is 0 Å². The molecule has 1 heterocycles. The fraction of sp³-hybridized carbons (Fsp3) is 0.250. The second-order valence-corrected chi connectivity index (χ2v) is 2.85. The Balaban J connectivity index is 3.21. The Bertz CT molecular complexity index is 442. The van der Waals surface area contributed by atoms with Gasteiger partial charge in [-0.15, -0.1) is 0 Å². The topological polar surface area (TPSA) is 96.2 Å². The summed E-state index contributed by atoms with van der Waals surface area (Å²) < 4.78 is 24.4. The van der Waals surface area contributed by atoms with Crippen molar-refractivity contribution in [1.82, 2.24) is 4.98 Å². The van der Waals surface area contributed by atoms with E-state index in [1.54, 1.807) is 0 Å². The lowest BCUT2D eigenvalue weighted by molar-refractivity contribution is -0.136. The number of halogens is 2. The van der Waals surface area contributed by atoms with E-state index in [-0.39, 0.29) is 11.4 Å². The van der Waals surface area contributed by atoms with Crippen LogP contribution < -0.4 is 11.2 Å². The van der Waals surface area contributed by atoms with Gasteiger partial charge < -0.3 is 15.8 Å². The largest absolute Gasteiger partial charge is 0.481 e. The number of aromatic amines is 1. The number of carboxylic acids is 1. The monoisotopic (exact) mass is 218 g/mol. The van der Waals surface area contributed by atoms with Gasteiger partial charge in [-0.3, -0.25) is 9.59 Å². The molecule has 82 valence electrons. The van der Waals surface area contributed by atoms with E-state index in [0.717, 1.165) is 0 Å². The van der Waals surface area contributed by atoms with Crippen molar-refractivity contribution in [3.05, 3.63) is 27.5 Å². The van der Waals surface area contributed by atoms with Crippen molar-refractivity contribution in [3.63, 3.8) is 0 Å². The van der Waals surface area contributed by atoms with E-state index >= 15 is 0 Å². The molecule has 0 aliphatic carbocycles. The number of nitrogen functional groups attached to an aromatic ring is 1. The first kappa shape index (κ1) is 11.2. The summed E-state index contributed by atoms with van der Waals surface area (Å²) in [5, 5.41) is 8.44. The summed E-state index contributed by atoms with van der Waals surface area (Å²) in [6.45, 7) is 0. The van der Waals surface area contributed by atoms with E-state index in [4.69, 9.17) is 10.8 Å². The molecule has 7 heteroatoms. The maximum absolute atomic E-state index is 12.2. The third-order valence-electron chi connectivity index (χ3n) is 1.75. The molecule has 1 aromatic heterocycles. The van der Waals surface area contributed by atoms with Crippen molar-refractivity contribution in [2.45, 2.75) is 12.8 Å². The average molecular weight is 218 g/mol. The number of aliphatic carboxylic acids is 1. The van der Waals surface area contributed by atoms with E-state index in [9.17, 15) is 18.4 Å². The number of rotatable bonds is 3. The maximum atomic E-state index is 12.2. The van der Waals surface area contributed by atoms with E-state index in [0.29, 0.717) is 6.07 Å². The fourth-order valence-electron chi connectivity index (χ4n) is 1.08. The number of alkyl halides is 2. The molecule has 0 aromatic carbocycles. The first-order valence-corrected chi connectivity index (χ1v) is 3.93. The van der Waals surface area contributed by atoms with E-state index < -0.39 is 29.9 Å². The molecule has 5 nitrogen and oxygen atoms in total. The average Bonchev–Trinajstić information content (AvgIpc) is 2.10. The third kappa shape index (κ3) is 2.52. The Morgan fingerprint density at radius 2 is 2.20 bits per heavy atom. The van der Waals surface area contributed by atoms with Gasteiger partial charge in [-0.2, -0.15) is 0 Å². The fourth-order valence-corrected chi connectivity index (χ4v) is 1.08. The van der Waals surface area contributed by atoms with Gasteiger partial charge in [-0.05, 0) is 0 Å². The molecular weight excluding hydrogens is 210 g/mol. The Morgan fingerprint density at radius 3 is 2.60 bits per heavy atom. The molecule has 0 fully saturated rings. The standard InChI is InChI=1S/C8H8F2N2O3/c9-7(10)4-2-5(13)3(1-6(14)15)8(11)12-4/h2,7H,1H2,(H,14,15)(H3,11,12,13). The first-order valence-electron chi connectivity index (χ1n) is 3.93. The van der Waals surface area contributed by atoms with Crippen molar-refractivity contribution in [2.24, 2.45) is 0 Å². The number of aromatic nitrogens is 1. The lowest BCUT2D eigenvalue weighted by atomic mass is 10.1. The van der Waals surface area contributed by atoms with Crippen LogP contribution in [0.5, 0.6) is 0 Å². The molecule has 0 spiro atoms. The summed E-state index contributed by atoms with van der Waals surface area (Å²) in [4.78, 5) is 23.6. The molecule has 0 radical (unpaired) electrons. The second-order valence-electron chi connectivity index (χ2n) is 2.85. The molecule has 0 saturated carbocycles. The van der Waals surface area contributed by atoms with Crippen LogP contribution in [0.1, 0.15) is 17.7 Å². The smallest absolute Gasteiger partial charge is 0.308 e. The summed E-state index contributed by atoms with van der Waals surface area (Å²) in [5.74, 6) is -1.59. The summed E-state index contributed by atoms with van der Waals surface area (Å²) >= 11 is 0. The van der Waals surface area contributed by atoms with Gasteiger partial charge in [0.2, 0.25) is 0 Å². The number of carbonyl (C=O) groups is 1. The van der Waals surface area contributed by atoms with E-state index in [2.05, 4.69) is 4.98 Å². The zero-order valence-electron chi connectivity index (χ0n) is 7.46. The molecule has 0 aliphatic rings. The molecule has 0 unspecified atom stereocenters. The lowest BCUT2D eigenvalue weighted by Crippen LogP contribution is -2.18. The van der Waals surface area contributed by atoms with Crippen LogP contribution in [0.4, 0.5) is 14.6 Å². The quantitative estimate of drug-likeness (QED) is 0.689. The van der Waals surface area contributed by atoms with Gasteiger partial charge in [0.25, 0.3) is 6.43 Å². The predicted molar refractivity (Wildman–Crippen MR) is 47.8 cm³/mol. The van der Waals surface area contributed by atoms with Crippen LogP contribution in [0.25, 0.3) is 0 Å². The normalized spacial score (nSPS) is 10.6. The Morgan fingerprint density at radius 1 is 1.60 bits per heavy atom. The number of nitrogens with two attached hydrogens (primary N) is 1. The highest BCUT2D eigenvalue weighted by Gasteiger charge is 2.15. The van der Waals surface area contributed by atoms with Crippen LogP contribution >= 0.6 is 0 Å². The number of nitrogens with one attached hydrogen (secondary N) is 1. The van der Waals surface area contributed by atoms with Crippen LogP contribution in [0.15, 0.2) is 10.9 Å². The van der Waals surface area contributed by atoms with Crippen molar-refractivity contribution in [3.8, 4) is 0 Å². The van der Waals surface area contributed by atoms with Crippen molar-refractivity contribution in [2.75, 3.05) is 5.73 Å². The second kappa shape index (κ2) is 4.07. The van der Waals surface area contributed by atoms with Crippen LogP contribution in [0, 0.1) is 0 Å². The van der Waals surface area contributed by atoms with Gasteiger partial charge in [-0.1, -0.05) is 0 Å².